The Kier molecular flexibility index (Phi) is 60.6. The Morgan fingerprint density at radius 3 is 0.863 bits per heavy atom. The Bertz CT molecular complexity index is 1110. The monoisotopic (exact) mass is 1030 g/mol. The maximum Gasteiger partial charge on any atom is 0.249 e. The summed E-state index contributed by atoms with van der Waals surface area (Å²) in [5, 5.41) is 44.1. The van der Waals surface area contributed by atoms with Gasteiger partial charge in [-0.3, -0.25) is 4.79 Å². The van der Waals surface area contributed by atoms with Crippen molar-refractivity contribution >= 4 is 5.91 Å². The van der Waals surface area contributed by atoms with E-state index in [1.165, 1.54) is 295 Å². The van der Waals surface area contributed by atoms with Crippen LogP contribution in [-0.2, 0) is 4.79 Å². The van der Waals surface area contributed by atoms with E-state index in [1.807, 2.05) is 0 Å². The second-order valence-electron chi connectivity index (χ2n) is 23.2. The number of amides is 1. The van der Waals surface area contributed by atoms with Gasteiger partial charge in [-0.15, -0.1) is 0 Å². The average Bonchev–Trinajstić information content (AvgIpc) is 3.40. The highest BCUT2D eigenvalue weighted by atomic mass is 16.3. The second-order valence-corrected chi connectivity index (χ2v) is 23.2. The number of rotatable bonds is 62. The summed E-state index contributed by atoms with van der Waals surface area (Å²) in [7, 11) is 0. The molecule has 434 valence electrons. The summed E-state index contributed by atoms with van der Waals surface area (Å²) < 4.78 is 0. The third-order valence-electron chi connectivity index (χ3n) is 15.9. The van der Waals surface area contributed by atoms with Crippen LogP contribution in [0.25, 0.3) is 0 Å². The topological polar surface area (TPSA) is 110 Å². The molecule has 6 nitrogen and oxygen atoms in total. The first-order chi connectivity index (χ1) is 36.0. The van der Waals surface area contributed by atoms with Crippen molar-refractivity contribution in [3.63, 3.8) is 0 Å². The van der Waals surface area contributed by atoms with Gasteiger partial charge < -0.3 is 25.7 Å². The van der Waals surface area contributed by atoms with Gasteiger partial charge in [-0.05, 0) is 51.4 Å². The molecule has 0 spiro atoms. The number of aliphatic hydroxyl groups excluding tert-OH is 4. The van der Waals surface area contributed by atoms with Crippen molar-refractivity contribution in [2.45, 2.75) is 391 Å². The van der Waals surface area contributed by atoms with Gasteiger partial charge in [0.1, 0.15) is 12.2 Å². The molecule has 0 aliphatic carbocycles. The second kappa shape index (κ2) is 61.6. The number of carbonyl (C=O) groups is 1. The SMILES string of the molecule is CCCCCCCCCCCCCCCCCCCCC/C=C/CC/C=C/CCCC(O)C(O)C(CO)NC(=O)C(O)CCCCCCCCCCCCCCCCCCCCCCCCCCCCCCC. The van der Waals surface area contributed by atoms with Gasteiger partial charge in [-0.2, -0.15) is 0 Å². The van der Waals surface area contributed by atoms with Crippen LogP contribution < -0.4 is 5.32 Å². The Balaban J connectivity index is 3.59. The van der Waals surface area contributed by atoms with Crippen LogP contribution >= 0.6 is 0 Å². The van der Waals surface area contributed by atoms with E-state index in [-0.39, 0.29) is 0 Å². The lowest BCUT2D eigenvalue weighted by Gasteiger charge is -2.27. The fraction of sp³-hybridized carbons (Fsp3) is 0.925. The lowest BCUT2D eigenvalue weighted by molar-refractivity contribution is -0.132. The molecule has 0 rings (SSSR count). The molecule has 0 heterocycles. The largest absolute Gasteiger partial charge is 0.394 e. The fourth-order valence-corrected chi connectivity index (χ4v) is 10.7. The van der Waals surface area contributed by atoms with Gasteiger partial charge in [0.2, 0.25) is 5.91 Å². The van der Waals surface area contributed by atoms with Crippen molar-refractivity contribution in [1.29, 1.82) is 0 Å². The first kappa shape index (κ1) is 71.8. The number of nitrogens with one attached hydrogen (secondary N) is 1. The molecule has 6 heteroatoms. The molecular formula is C67H131NO5. The molecule has 0 saturated carbocycles. The first-order valence-electron chi connectivity index (χ1n) is 33.2. The normalized spacial score (nSPS) is 13.7. The van der Waals surface area contributed by atoms with Crippen LogP contribution in [0.1, 0.15) is 367 Å². The number of hydrogen-bond donors (Lipinski definition) is 5. The third kappa shape index (κ3) is 55.4. The highest BCUT2D eigenvalue weighted by Crippen LogP contribution is 2.19. The van der Waals surface area contributed by atoms with Crippen LogP contribution in [0, 0.1) is 0 Å². The van der Waals surface area contributed by atoms with E-state index in [0.717, 1.165) is 38.5 Å². The summed E-state index contributed by atoms with van der Waals surface area (Å²) in [6.07, 6.45) is 77.2. The summed E-state index contributed by atoms with van der Waals surface area (Å²) in [5.41, 5.74) is 0. The molecule has 0 aromatic carbocycles. The van der Waals surface area contributed by atoms with Crippen LogP contribution in [0.15, 0.2) is 24.3 Å². The highest BCUT2D eigenvalue weighted by molar-refractivity contribution is 5.80. The molecule has 73 heavy (non-hydrogen) atoms. The molecule has 0 aliphatic rings. The molecule has 4 unspecified atom stereocenters. The minimum atomic E-state index is -1.29. The van der Waals surface area contributed by atoms with Crippen LogP contribution in [0.5, 0.6) is 0 Å². The van der Waals surface area contributed by atoms with Gasteiger partial charge in [0.15, 0.2) is 0 Å². The van der Waals surface area contributed by atoms with Gasteiger partial charge in [-0.25, -0.2) is 0 Å². The number of hydrogen-bond acceptors (Lipinski definition) is 5. The van der Waals surface area contributed by atoms with Crippen molar-refractivity contribution in [1.82, 2.24) is 5.32 Å². The van der Waals surface area contributed by atoms with Crippen molar-refractivity contribution < 1.29 is 25.2 Å². The Morgan fingerprint density at radius 2 is 0.575 bits per heavy atom. The summed E-state index contributed by atoms with van der Waals surface area (Å²) in [6, 6.07) is -1.01. The zero-order valence-electron chi connectivity index (χ0n) is 49.4. The predicted molar refractivity (Wildman–Crippen MR) is 321 cm³/mol. The molecule has 0 radical (unpaired) electrons. The molecule has 0 fully saturated rings. The maximum absolute atomic E-state index is 12.6. The summed E-state index contributed by atoms with van der Waals surface area (Å²) in [4.78, 5) is 12.6. The molecule has 4 atom stereocenters. The molecule has 5 N–H and O–H groups in total. The van der Waals surface area contributed by atoms with Gasteiger partial charge in [0.05, 0.1) is 18.8 Å². The van der Waals surface area contributed by atoms with E-state index in [4.69, 9.17) is 0 Å². The summed E-state index contributed by atoms with van der Waals surface area (Å²) >= 11 is 0. The molecular weight excluding hydrogens is 899 g/mol. The standard InChI is InChI=1S/C67H131NO5/c1-3-5-7-9-11-13-15-17-19-21-23-25-27-29-31-33-35-37-39-41-43-45-47-49-51-53-55-57-59-61-65(71)67(73)68-63(62-69)66(72)64(70)60-58-56-54-52-50-48-46-44-42-40-38-36-34-32-30-28-26-24-22-20-18-16-14-12-10-8-6-4-2/h44,46,52,54,63-66,69-72H,3-43,45,47-51,53,55-62H2,1-2H3,(H,68,73)/b46-44+,54-52+. The van der Waals surface area contributed by atoms with E-state index < -0.39 is 36.9 Å². The van der Waals surface area contributed by atoms with Crippen molar-refractivity contribution in [3.8, 4) is 0 Å². The minimum absolute atomic E-state index is 0.365. The smallest absolute Gasteiger partial charge is 0.249 e. The van der Waals surface area contributed by atoms with Crippen LogP contribution in [0.4, 0.5) is 0 Å². The van der Waals surface area contributed by atoms with Crippen molar-refractivity contribution in [2.24, 2.45) is 0 Å². The number of allylic oxidation sites excluding steroid dienone is 4. The van der Waals surface area contributed by atoms with Crippen molar-refractivity contribution in [3.05, 3.63) is 24.3 Å². The van der Waals surface area contributed by atoms with Crippen LogP contribution in [0.3, 0.4) is 0 Å². The van der Waals surface area contributed by atoms with Crippen LogP contribution in [0.2, 0.25) is 0 Å². The predicted octanol–water partition coefficient (Wildman–Crippen LogP) is 20.2. The highest BCUT2D eigenvalue weighted by Gasteiger charge is 2.28. The third-order valence-corrected chi connectivity index (χ3v) is 15.9. The van der Waals surface area contributed by atoms with Gasteiger partial charge in [0, 0.05) is 0 Å². The lowest BCUT2D eigenvalue weighted by atomic mass is 10.00. The zero-order valence-corrected chi connectivity index (χ0v) is 49.4. The number of unbranched alkanes of at least 4 members (excludes halogenated alkanes) is 49. The quantitative estimate of drug-likeness (QED) is 0.0308. The van der Waals surface area contributed by atoms with Crippen molar-refractivity contribution in [2.75, 3.05) is 6.61 Å². The number of carbonyl (C=O) groups excluding carboxylic acids is 1. The summed E-state index contributed by atoms with van der Waals surface area (Å²) in [6.45, 7) is 4.09. The molecule has 0 aromatic rings. The summed E-state index contributed by atoms with van der Waals surface area (Å²) in [5.74, 6) is -0.590. The minimum Gasteiger partial charge on any atom is -0.394 e. The lowest BCUT2D eigenvalue weighted by Crippen LogP contribution is -2.53. The van der Waals surface area contributed by atoms with E-state index in [9.17, 15) is 25.2 Å². The Labute approximate surface area is 456 Å². The van der Waals surface area contributed by atoms with E-state index in [2.05, 4.69) is 43.5 Å². The molecule has 0 aromatic heterocycles. The average molecular weight is 1030 g/mol. The van der Waals surface area contributed by atoms with Crippen LogP contribution in [-0.4, -0.2) is 57.3 Å². The molecule has 0 bridgehead atoms. The maximum atomic E-state index is 12.6. The molecule has 1 amide bonds. The van der Waals surface area contributed by atoms with E-state index >= 15 is 0 Å². The molecule has 0 saturated heterocycles. The zero-order chi connectivity index (χ0) is 53.0. The first-order valence-corrected chi connectivity index (χ1v) is 33.2. The number of aliphatic hydroxyl groups is 4. The van der Waals surface area contributed by atoms with Gasteiger partial charge >= 0.3 is 0 Å². The van der Waals surface area contributed by atoms with Gasteiger partial charge in [0.25, 0.3) is 0 Å². The van der Waals surface area contributed by atoms with E-state index in [1.54, 1.807) is 0 Å². The Hall–Kier alpha value is -1.21. The van der Waals surface area contributed by atoms with E-state index in [0.29, 0.717) is 19.3 Å². The van der Waals surface area contributed by atoms with Gasteiger partial charge in [-0.1, -0.05) is 340 Å². The Morgan fingerprint density at radius 1 is 0.329 bits per heavy atom. The molecule has 0 aliphatic heterocycles. The fourth-order valence-electron chi connectivity index (χ4n) is 10.7.